The molecule has 1 atom stereocenters. The summed E-state index contributed by atoms with van der Waals surface area (Å²) in [6.45, 7) is 0.717. The van der Waals surface area contributed by atoms with Gasteiger partial charge < -0.3 is 5.73 Å². The largest absolute Gasteiger partial charge is 0.330 e. The van der Waals surface area contributed by atoms with Crippen LogP contribution in [0.25, 0.3) is 0 Å². The lowest BCUT2D eigenvalue weighted by Crippen LogP contribution is -2.08. The van der Waals surface area contributed by atoms with Crippen LogP contribution < -0.4 is 5.73 Å². The SMILES string of the molecule is NCCC(S)CS. The summed E-state index contributed by atoms with van der Waals surface area (Å²) in [5.41, 5.74) is 5.22. The topological polar surface area (TPSA) is 26.0 Å². The van der Waals surface area contributed by atoms with Gasteiger partial charge >= 0.3 is 0 Å². The smallest absolute Gasteiger partial charge is 0.0117 e. The predicted octanol–water partition coefficient (Wildman–Crippen LogP) is 0.563. The highest BCUT2D eigenvalue weighted by molar-refractivity contribution is 7.84. The van der Waals surface area contributed by atoms with Gasteiger partial charge in [0.2, 0.25) is 0 Å². The van der Waals surface area contributed by atoms with E-state index in [-0.39, 0.29) is 0 Å². The van der Waals surface area contributed by atoms with Crippen molar-refractivity contribution in [2.24, 2.45) is 5.73 Å². The van der Waals surface area contributed by atoms with Gasteiger partial charge in [-0.25, -0.2) is 0 Å². The second-order valence-electron chi connectivity index (χ2n) is 1.41. The van der Waals surface area contributed by atoms with E-state index in [1.165, 1.54) is 0 Å². The highest BCUT2D eigenvalue weighted by Crippen LogP contribution is 1.99. The number of hydrogen-bond acceptors (Lipinski definition) is 3. The second-order valence-corrected chi connectivity index (χ2v) is 2.51. The van der Waals surface area contributed by atoms with Gasteiger partial charge in [-0.2, -0.15) is 25.3 Å². The van der Waals surface area contributed by atoms with Crippen LogP contribution in [0.2, 0.25) is 0 Å². The molecule has 0 saturated carbocycles. The molecule has 0 aliphatic rings. The van der Waals surface area contributed by atoms with Crippen molar-refractivity contribution >= 4 is 25.3 Å². The minimum Gasteiger partial charge on any atom is -0.330 e. The minimum atomic E-state index is 0.383. The third-order valence-electron chi connectivity index (χ3n) is 0.711. The van der Waals surface area contributed by atoms with E-state index in [1.54, 1.807) is 0 Å². The van der Waals surface area contributed by atoms with Crippen LogP contribution in [-0.2, 0) is 0 Å². The van der Waals surface area contributed by atoms with Gasteiger partial charge in [0.15, 0.2) is 0 Å². The van der Waals surface area contributed by atoms with E-state index >= 15 is 0 Å². The van der Waals surface area contributed by atoms with Crippen molar-refractivity contribution in [1.29, 1.82) is 0 Å². The zero-order valence-corrected chi connectivity index (χ0v) is 5.96. The number of nitrogens with two attached hydrogens (primary N) is 1. The van der Waals surface area contributed by atoms with Gasteiger partial charge in [0.1, 0.15) is 0 Å². The van der Waals surface area contributed by atoms with Gasteiger partial charge in [-0.05, 0) is 13.0 Å². The summed E-state index contributed by atoms with van der Waals surface area (Å²) in [4.78, 5) is 0. The number of thiol groups is 2. The lowest BCUT2D eigenvalue weighted by molar-refractivity contribution is 0.836. The molecule has 1 nitrogen and oxygen atoms in total. The quantitative estimate of drug-likeness (QED) is 0.487. The lowest BCUT2D eigenvalue weighted by Gasteiger charge is -2.01. The zero-order chi connectivity index (χ0) is 5.70. The Kier molecular flexibility index (Phi) is 5.26. The van der Waals surface area contributed by atoms with E-state index in [1.807, 2.05) is 0 Å². The van der Waals surface area contributed by atoms with Crippen LogP contribution >= 0.6 is 25.3 Å². The highest BCUT2D eigenvalue weighted by atomic mass is 32.1. The van der Waals surface area contributed by atoms with Crippen LogP contribution in [0.1, 0.15) is 6.42 Å². The molecule has 0 spiro atoms. The molecule has 7 heavy (non-hydrogen) atoms. The molecule has 0 bridgehead atoms. The van der Waals surface area contributed by atoms with Crippen molar-refractivity contribution in [3.8, 4) is 0 Å². The molecule has 0 fully saturated rings. The molecule has 0 saturated heterocycles. The first-order chi connectivity index (χ1) is 3.31. The molecular formula is C4H11NS2. The van der Waals surface area contributed by atoms with Crippen LogP contribution in [-0.4, -0.2) is 17.5 Å². The Hall–Kier alpha value is 0.660. The maximum Gasteiger partial charge on any atom is 0.0117 e. The van der Waals surface area contributed by atoms with Crippen LogP contribution in [0.3, 0.4) is 0 Å². The minimum absolute atomic E-state index is 0.383. The Morgan fingerprint density at radius 3 is 2.29 bits per heavy atom. The summed E-state index contributed by atoms with van der Waals surface area (Å²) in [6.07, 6.45) is 0.965. The molecule has 0 heterocycles. The van der Waals surface area contributed by atoms with Crippen LogP contribution in [0.4, 0.5) is 0 Å². The van der Waals surface area contributed by atoms with Gasteiger partial charge in [-0.3, -0.25) is 0 Å². The maximum atomic E-state index is 5.22. The molecule has 44 valence electrons. The van der Waals surface area contributed by atoms with Crippen molar-refractivity contribution in [1.82, 2.24) is 0 Å². The molecule has 0 rings (SSSR count). The van der Waals surface area contributed by atoms with Crippen molar-refractivity contribution in [2.45, 2.75) is 11.7 Å². The normalized spacial score (nSPS) is 14.1. The average Bonchev–Trinajstić information content (AvgIpc) is 1.68. The third-order valence-corrected chi connectivity index (χ3v) is 1.88. The highest BCUT2D eigenvalue weighted by Gasteiger charge is 1.94. The van der Waals surface area contributed by atoms with Crippen molar-refractivity contribution in [2.75, 3.05) is 12.3 Å². The first-order valence-electron chi connectivity index (χ1n) is 2.30. The molecule has 0 aliphatic heterocycles. The maximum absolute atomic E-state index is 5.22. The fourth-order valence-corrected chi connectivity index (χ4v) is 0.615. The zero-order valence-electron chi connectivity index (χ0n) is 4.17. The summed E-state index contributed by atoms with van der Waals surface area (Å²) < 4.78 is 0. The van der Waals surface area contributed by atoms with E-state index in [4.69, 9.17) is 5.73 Å². The molecule has 0 aromatic rings. The third kappa shape index (κ3) is 4.51. The van der Waals surface area contributed by atoms with Crippen LogP contribution in [0, 0.1) is 0 Å². The lowest BCUT2D eigenvalue weighted by atomic mass is 10.3. The number of hydrogen-bond donors (Lipinski definition) is 3. The fraction of sp³-hybridized carbons (Fsp3) is 1.00. The van der Waals surface area contributed by atoms with E-state index in [2.05, 4.69) is 25.3 Å². The summed E-state index contributed by atoms with van der Waals surface area (Å²) in [5.74, 6) is 0.820. The molecule has 1 unspecified atom stereocenters. The van der Waals surface area contributed by atoms with E-state index in [0.717, 1.165) is 12.2 Å². The number of rotatable bonds is 3. The Morgan fingerprint density at radius 2 is 2.14 bits per heavy atom. The van der Waals surface area contributed by atoms with Crippen LogP contribution in [0.15, 0.2) is 0 Å². The molecule has 3 heteroatoms. The summed E-state index contributed by atoms with van der Waals surface area (Å²) in [5, 5.41) is 0.383. The van der Waals surface area contributed by atoms with Crippen LogP contribution in [0.5, 0.6) is 0 Å². The van der Waals surface area contributed by atoms with E-state index in [0.29, 0.717) is 11.8 Å². The first-order valence-corrected chi connectivity index (χ1v) is 3.45. The summed E-state index contributed by atoms with van der Waals surface area (Å²) in [7, 11) is 0. The Balaban J connectivity index is 2.83. The predicted molar refractivity (Wildman–Crippen MR) is 40.3 cm³/mol. The molecule has 2 N–H and O–H groups in total. The van der Waals surface area contributed by atoms with Gasteiger partial charge in [0, 0.05) is 11.0 Å². The molecule has 0 aliphatic carbocycles. The molecule has 0 radical (unpaired) electrons. The fourth-order valence-electron chi connectivity index (χ4n) is 0.284. The van der Waals surface area contributed by atoms with Gasteiger partial charge in [0.25, 0.3) is 0 Å². The van der Waals surface area contributed by atoms with Crippen molar-refractivity contribution in [3.63, 3.8) is 0 Å². The Bertz CT molecular complexity index is 40.7. The first kappa shape index (κ1) is 7.66. The van der Waals surface area contributed by atoms with Gasteiger partial charge in [0.05, 0.1) is 0 Å². The standard InChI is InChI=1S/C4H11NS2/c5-2-1-4(7)3-6/h4,6-7H,1-3,5H2. The van der Waals surface area contributed by atoms with Gasteiger partial charge in [-0.1, -0.05) is 0 Å². The summed E-state index contributed by atoms with van der Waals surface area (Å²) in [6, 6.07) is 0. The van der Waals surface area contributed by atoms with E-state index < -0.39 is 0 Å². The molecule has 0 aromatic carbocycles. The second kappa shape index (κ2) is 4.81. The molecule has 0 amide bonds. The summed E-state index contributed by atoms with van der Waals surface area (Å²) >= 11 is 8.17. The van der Waals surface area contributed by atoms with E-state index in [9.17, 15) is 0 Å². The monoisotopic (exact) mass is 137 g/mol. The Labute approximate surface area is 55.5 Å². The van der Waals surface area contributed by atoms with Crippen molar-refractivity contribution in [3.05, 3.63) is 0 Å². The van der Waals surface area contributed by atoms with Crippen molar-refractivity contribution < 1.29 is 0 Å². The average molecular weight is 137 g/mol. The molecule has 0 aromatic heterocycles. The molecular weight excluding hydrogens is 126 g/mol. The Morgan fingerprint density at radius 1 is 1.57 bits per heavy atom. The van der Waals surface area contributed by atoms with Gasteiger partial charge in [-0.15, -0.1) is 0 Å².